The van der Waals surface area contributed by atoms with E-state index in [1.165, 1.54) is 10.8 Å². The van der Waals surface area contributed by atoms with Crippen LogP contribution in [0.3, 0.4) is 0 Å². The van der Waals surface area contributed by atoms with Crippen LogP contribution < -0.4 is 15.6 Å². The highest BCUT2D eigenvalue weighted by Gasteiger charge is 2.15. The van der Waals surface area contributed by atoms with Crippen molar-refractivity contribution < 1.29 is 9.53 Å². The van der Waals surface area contributed by atoms with Crippen molar-refractivity contribution in [3.8, 4) is 5.75 Å². The highest BCUT2D eigenvalue weighted by atomic mass is 16.5. The van der Waals surface area contributed by atoms with E-state index in [1.807, 2.05) is 43.3 Å². The van der Waals surface area contributed by atoms with Crippen LogP contribution in [0.2, 0.25) is 0 Å². The molecule has 2 aromatic carbocycles. The molecule has 0 aliphatic carbocycles. The molecule has 3 aromatic rings. The highest BCUT2D eigenvalue weighted by Crippen LogP contribution is 2.24. The second kappa shape index (κ2) is 7.17. The topological polar surface area (TPSA) is 73.2 Å². The van der Waals surface area contributed by atoms with Gasteiger partial charge < -0.3 is 10.1 Å². The van der Waals surface area contributed by atoms with Crippen LogP contribution in [0.1, 0.15) is 18.5 Å². The molecular formula is C19H19N3O3. The summed E-state index contributed by atoms with van der Waals surface area (Å²) >= 11 is 0. The molecular weight excluding hydrogens is 318 g/mol. The molecule has 128 valence electrons. The SMILES string of the molecule is COc1ccccc1C(C)NC(=O)Cn1c(=O)cnc2ccccc21. The monoisotopic (exact) mass is 337 g/mol. The van der Waals surface area contributed by atoms with E-state index in [0.29, 0.717) is 16.8 Å². The Kier molecular flexibility index (Phi) is 4.79. The predicted molar refractivity (Wildman–Crippen MR) is 95.6 cm³/mol. The molecule has 1 N–H and O–H groups in total. The van der Waals surface area contributed by atoms with Crippen LogP contribution in [0, 0.1) is 0 Å². The number of fused-ring (bicyclic) bond motifs is 1. The Labute approximate surface area is 145 Å². The van der Waals surface area contributed by atoms with Crippen LogP contribution in [0.4, 0.5) is 0 Å². The van der Waals surface area contributed by atoms with Gasteiger partial charge in [0.25, 0.3) is 5.56 Å². The van der Waals surface area contributed by atoms with Gasteiger partial charge >= 0.3 is 0 Å². The zero-order valence-electron chi connectivity index (χ0n) is 14.1. The average Bonchev–Trinajstić information content (AvgIpc) is 2.64. The Morgan fingerprint density at radius 2 is 1.92 bits per heavy atom. The number of nitrogens with zero attached hydrogens (tertiary/aromatic N) is 2. The molecule has 0 aliphatic rings. The molecule has 0 radical (unpaired) electrons. The molecule has 0 aliphatic heterocycles. The van der Waals surface area contributed by atoms with Gasteiger partial charge in [0.1, 0.15) is 12.3 Å². The molecule has 0 saturated carbocycles. The Morgan fingerprint density at radius 1 is 1.20 bits per heavy atom. The van der Waals surface area contributed by atoms with Crippen LogP contribution in [-0.4, -0.2) is 22.6 Å². The maximum Gasteiger partial charge on any atom is 0.269 e. The molecule has 6 nitrogen and oxygen atoms in total. The molecule has 25 heavy (non-hydrogen) atoms. The zero-order valence-corrected chi connectivity index (χ0v) is 14.1. The summed E-state index contributed by atoms with van der Waals surface area (Å²) in [7, 11) is 1.59. The number of aromatic nitrogens is 2. The van der Waals surface area contributed by atoms with Gasteiger partial charge in [-0.25, -0.2) is 4.98 Å². The van der Waals surface area contributed by atoms with E-state index in [-0.39, 0.29) is 24.1 Å². The van der Waals surface area contributed by atoms with E-state index < -0.39 is 0 Å². The Bertz CT molecular complexity index is 965. The van der Waals surface area contributed by atoms with Crippen LogP contribution in [-0.2, 0) is 11.3 Å². The van der Waals surface area contributed by atoms with Gasteiger partial charge in [0, 0.05) is 5.56 Å². The van der Waals surface area contributed by atoms with Crippen LogP contribution in [0.15, 0.2) is 59.5 Å². The van der Waals surface area contributed by atoms with Crippen molar-refractivity contribution in [2.75, 3.05) is 7.11 Å². The van der Waals surface area contributed by atoms with Crippen molar-refractivity contribution in [2.24, 2.45) is 0 Å². The van der Waals surface area contributed by atoms with Gasteiger partial charge in [0.05, 0.1) is 30.4 Å². The Hall–Kier alpha value is -3.15. The first-order valence-corrected chi connectivity index (χ1v) is 7.97. The maximum atomic E-state index is 12.5. The number of carbonyl (C=O) groups is 1. The number of hydrogen-bond donors (Lipinski definition) is 1. The lowest BCUT2D eigenvalue weighted by Crippen LogP contribution is -2.34. The Morgan fingerprint density at radius 3 is 2.72 bits per heavy atom. The summed E-state index contributed by atoms with van der Waals surface area (Å²) in [6, 6.07) is 14.5. The largest absolute Gasteiger partial charge is 0.496 e. The molecule has 0 saturated heterocycles. The first-order valence-electron chi connectivity index (χ1n) is 7.97. The van der Waals surface area contributed by atoms with Gasteiger partial charge in [0.2, 0.25) is 5.91 Å². The quantitative estimate of drug-likeness (QED) is 0.775. The summed E-state index contributed by atoms with van der Waals surface area (Å²) in [5.41, 5.74) is 1.88. The molecule has 1 heterocycles. The van der Waals surface area contributed by atoms with Gasteiger partial charge in [-0.15, -0.1) is 0 Å². The van der Waals surface area contributed by atoms with Crippen LogP contribution >= 0.6 is 0 Å². The Balaban J connectivity index is 1.82. The lowest BCUT2D eigenvalue weighted by Gasteiger charge is -2.18. The highest BCUT2D eigenvalue weighted by molar-refractivity contribution is 5.80. The van der Waals surface area contributed by atoms with Crippen molar-refractivity contribution in [2.45, 2.75) is 19.5 Å². The maximum absolute atomic E-state index is 12.5. The molecule has 1 amide bonds. The fourth-order valence-corrected chi connectivity index (χ4v) is 2.81. The van der Waals surface area contributed by atoms with Crippen molar-refractivity contribution in [3.63, 3.8) is 0 Å². The molecule has 6 heteroatoms. The smallest absolute Gasteiger partial charge is 0.269 e. The molecule has 1 aromatic heterocycles. The number of carbonyl (C=O) groups excluding carboxylic acids is 1. The summed E-state index contributed by atoms with van der Waals surface area (Å²) in [6.45, 7) is 1.81. The molecule has 0 bridgehead atoms. The molecule has 1 unspecified atom stereocenters. The van der Waals surface area contributed by atoms with Gasteiger partial charge in [-0.05, 0) is 25.1 Å². The van der Waals surface area contributed by atoms with Crippen molar-refractivity contribution in [1.82, 2.24) is 14.9 Å². The summed E-state index contributed by atoms with van der Waals surface area (Å²) in [5, 5.41) is 2.91. The summed E-state index contributed by atoms with van der Waals surface area (Å²) in [6.07, 6.45) is 1.24. The number of methoxy groups -OCH3 is 1. The number of para-hydroxylation sites is 3. The van der Waals surface area contributed by atoms with Crippen LogP contribution in [0.5, 0.6) is 5.75 Å². The first-order chi connectivity index (χ1) is 12.1. The normalized spacial score (nSPS) is 11.9. The second-order valence-electron chi connectivity index (χ2n) is 5.70. The van der Waals surface area contributed by atoms with E-state index in [2.05, 4.69) is 10.3 Å². The van der Waals surface area contributed by atoms with E-state index in [9.17, 15) is 9.59 Å². The van der Waals surface area contributed by atoms with Crippen molar-refractivity contribution >= 4 is 16.9 Å². The fourth-order valence-electron chi connectivity index (χ4n) is 2.81. The van der Waals surface area contributed by atoms with E-state index in [1.54, 1.807) is 19.2 Å². The fraction of sp³-hybridized carbons (Fsp3) is 0.211. The first kappa shape index (κ1) is 16.7. The van der Waals surface area contributed by atoms with Gasteiger partial charge in [-0.1, -0.05) is 30.3 Å². The number of ether oxygens (including phenoxy) is 1. The third kappa shape index (κ3) is 3.52. The van der Waals surface area contributed by atoms with E-state index in [4.69, 9.17) is 4.74 Å². The third-order valence-corrected chi connectivity index (χ3v) is 4.04. The standard InChI is InChI=1S/C19H19N3O3/c1-13(14-7-3-6-10-17(14)25-2)21-18(23)12-22-16-9-5-4-8-15(16)20-11-19(22)24/h3-11,13H,12H2,1-2H3,(H,21,23). The minimum atomic E-state index is -0.307. The number of nitrogens with one attached hydrogen (secondary N) is 1. The number of rotatable bonds is 5. The van der Waals surface area contributed by atoms with E-state index >= 15 is 0 Å². The average molecular weight is 337 g/mol. The molecule has 3 rings (SSSR count). The lowest BCUT2D eigenvalue weighted by molar-refractivity contribution is -0.122. The minimum Gasteiger partial charge on any atom is -0.496 e. The number of benzene rings is 2. The summed E-state index contributed by atoms with van der Waals surface area (Å²) < 4.78 is 6.75. The molecule has 1 atom stereocenters. The van der Waals surface area contributed by atoms with Gasteiger partial charge in [-0.2, -0.15) is 0 Å². The van der Waals surface area contributed by atoms with Gasteiger partial charge in [0.15, 0.2) is 0 Å². The van der Waals surface area contributed by atoms with Crippen molar-refractivity contribution in [1.29, 1.82) is 0 Å². The van der Waals surface area contributed by atoms with Crippen molar-refractivity contribution in [3.05, 3.63) is 70.6 Å². The third-order valence-electron chi connectivity index (χ3n) is 4.04. The predicted octanol–water partition coefficient (Wildman–Crippen LogP) is 2.28. The number of hydrogen-bond acceptors (Lipinski definition) is 4. The lowest BCUT2D eigenvalue weighted by atomic mass is 10.1. The summed E-state index contributed by atoms with van der Waals surface area (Å²) in [5.74, 6) is 0.457. The molecule has 0 spiro atoms. The minimum absolute atomic E-state index is 0.0681. The van der Waals surface area contributed by atoms with E-state index in [0.717, 1.165) is 5.56 Å². The zero-order chi connectivity index (χ0) is 17.8. The van der Waals surface area contributed by atoms with Gasteiger partial charge in [-0.3, -0.25) is 14.2 Å². The van der Waals surface area contributed by atoms with Crippen LogP contribution in [0.25, 0.3) is 11.0 Å². The molecule has 0 fully saturated rings. The summed E-state index contributed by atoms with van der Waals surface area (Å²) in [4.78, 5) is 28.7. The number of amides is 1. The second-order valence-corrected chi connectivity index (χ2v) is 5.70.